The van der Waals surface area contributed by atoms with Gasteiger partial charge in [0.05, 0.1) is 36.6 Å². The van der Waals surface area contributed by atoms with Crippen LogP contribution in [0.1, 0.15) is 43.5 Å². The number of piperidine rings is 1. The van der Waals surface area contributed by atoms with Crippen LogP contribution in [0, 0.1) is 6.92 Å². The van der Waals surface area contributed by atoms with Gasteiger partial charge in [0.2, 0.25) is 5.91 Å². The van der Waals surface area contributed by atoms with Crippen LogP contribution in [0.4, 0.5) is 5.82 Å². The average molecular weight is 532 g/mol. The Morgan fingerprint density at radius 1 is 1.28 bits per heavy atom. The molecule has 5 rings (SSSR count). The van der Waals surface area contributed by atoms with E-state index >= 15 is 0 Å². The van der Waals surface area contributed by atoms with Gasteiger partial charge < -0.3 is 20.2 Å². The fraction of sp³-hybridized carbons (Fsp3) is 0.520. The third kappa shape index (κ3) is 4.77. The van der Waals surface area contributed by atoms with Crippen LogP contribution in [0.25, 0.3) is 11.2 Å². The quantitative estimate of drug-likeness (QED) is 0.521. The van der Waals surface area contributed by atoms with Gasteiger partial charge in [0, 0.05) is 29.7 Å². The third-order valence-electron chi connectivity index (χ3n) is 7.25. The van der Waals surface area contributed by atoms with E-state index in [9.17, 15) is 9.90 Å². The lowest BCUT2D eigenvalue weighted by Gasteiger charge is -2.42. The highest BCUT2D eigenvalue weighted by Gasteiger charge is 2.35. The molecular formula is C25H31Cl2N7O2. The summed E-state index contributed by atoms with van der Waals surface area (Å²) in [6.07, 6.45) is 4.74. The van der Waals surface area contributed by atoms with Gasteiger partial charge in [-0.3, -0.25) is 4.79 Å². The first-order valence-electron chi connectivity index (χ1n) is 12.4. The molecule has 2 aromatic heterocycles. The van der Waals surface area contributed by atoms with Crippen molar-refractivity contribution in [2.75, 3.05) is 37.7 Å². The van der Waals surface area contributed by atoms with Gasteiger partial charge in [0.15, 0.2) is 5.65 Å². The summed E-state index contributed by atoms with van der Waals surface area (Å²) in [7, 11) is 0. The second-order valence-corrected chi connectivity index (χ2v) is 10.4. The van der Waals surface area contributed by atoms with Crippen LogP contribution in [0.5, 0.6) is 0 Å². The number of piperazine rings is 1. The zero-order chi connectivity index (χ0) is 25.4. The van der Waals surface area contributed by atoms with E-state index in [1.165, 1.54) is 0 Å². The molecule has 1 aromatic carbocycles. The monoisotopic (exact) mass is 531 g/mol. The molecule has 2 unspecified atom stereocenters. The Bertz CT molecular complexity index is 1260. The van der Waals surface area contributed by atoms with Gasteiger partial charge in [-0.1, -0.05) is 35.7 Å². The Balaban J connectivity index is 1.40. The van der Waals surface area contributed by atoms with Crippen molar-refractivity contribution in [1.82, 2.24) is 30.0 Å². The third-order valence-corrected chi connectivity index (χ3v) is 7.81. The number of benzene rings is 1. The molecule has 2 aliphatic heterocycles. The van der Waals surface area contributed by atoms with Gasteiger partial charge in [-0.05, 0) is 50.9 Å². The number of aryl methyl sites for hydroxylation is 1. The van der Waals surface area contributed by atoms with Gasteiger partial charge in [-0.25, -0.2) is 14.6 Å². The molecule has 0 bridgehead atoms. The van der Waals surface area contributed by atoms with E-state index in [1.54, 1.807) is 12.3 Å². The Morgan fingerprint density at radius 3 is 2.83 bits per heavy atom. The molecule has 192 valence electrons. The van der Waals surface area contributed by atoms with Crippen LogP contribution in [-0.2, 0) is 4.79 Å². The number of halogens is 2. The topological polar surface area (TPSA) is 99.4 Å². The lowest BCUT2D eigenvalue weighted by Crippen LogP contribution is -2.61. The highest BCUT2D eigenvalue weighted by Crippen LogP contribution is 2.31. The molecule has 3 aromatic rings. The van der Waals surface area contributed by atoms with E-state index in [1.807, 2.05) is 35.6 Å². The van der Waals surface area contributed by atoms with Crippen LogP contribution in [0.15, 0.2) is 24.4 Å². The molecule has 3 atom stereocenters. The molecule has 1 amide bonds. The van der Waals surface area contributed by atoms with Crippen molar-refractivity contribution < 1.29 is 9.90 Å². The lowest BCUT2D eigenvalue weighted by atomic mass is 10.0. The number of carbonyl (C=O) groups is 1. The van der Waals surface area contributed by atoms with E-state index in [4.69, 9.17) is 33.3 Å². The summed E-state index contributed by atoms with van der Waals surface area (Å²) in [6.45, 7) is 6.31. The number of aliphatic hydroxyl groups excluding tert-OH is 1. The summed E-state index contributed by atoms with van der Waals surface area (Å²) in [6, 6.07) is 4.80. The fourth-order valence-corrected chi connectivity index (χ4v) is 5.78. The lowest BCUT2D eigenvalue weighted by molar-refractivity contribution is -0.137. The Hall–Kier alpha value is -2.46. The normalized spacial score (nSPS) is 21.7. The summed E-state index contributed by atoms with van der Waals surface area (Å²) in [5.41, 5.74) is 3.06. The minimum absolute atomic E-state index is 0.0808. The molecule has 2 aliphatic rings. The molecule has 2 fully saturated rings. The van der Waals surface area contributed by atoms with E-state index < -0.39 is 0 Å². The van der Waals surface area contributed by atoms with Crippen LogP contribution in [0.3, 0.4) is 0 Å². The number of hydrogen-bond acceptors (Lipinski definition) is 7. The number of fused-ring (bicyclic) bond motifs is 1. The van der Waals surface area contributed by atoms with Crippen molar-refractivity contribution in [1.29, 1.82) is 0 Å². The van der Waals surface area contributed by atoms with Crippen LogP contribution in [0.2, 0.25) is 10.0 Å². The average Bonchev–Trinajstić information content (AvgIpc) is 3.23. The molecule has 0 saturated carbocycles. The van der Waals surface area contributed by atoms with Crippen molar-refractivity contribution in [3.05, 3.63) is 45.7 Å². The smallest absolute Gasteiger partial charge is 0.240 e. The maximum Gasteiger partial charge on any atom is 0.240 e. The first-order valence-corrected chi connectivity index (χ1v) is 13.2. The number of hydrogen-bond donors (Lipinski definition) is 2. The van der Waals surface area contributed by atoms with E-state index in [0.29, 0.717) is 41.1 Å². The van der Waals surface area contributed by atoms with Gasteiger partial charge in [-0.15, -0.1) is 0 Å². The van der Waals surface area contributed by atoms with Crippen molar-refractivity contribution in [2.24, 2.45) is 0 Å². The molecule has 0 spiro atoms. The fourth-order valence-electron chi connectivity index (χ4n) is 5.21. The zero-order valence-electron chi connectivity index (χ0n) is 20.5. The largest absolute Gasteiger partial charge is 0.394 e. The number of amides is 1. The van der Waals surface area contributed by atoms with E-state index in [-0.39, 0.29) is 30.6 Å². The van der Waals surface area contributed by atoms with Crippen molar-refractivity contribution >= 4 is 46.1 Å². The molecular weight excluding hydrogens is 501 g/mol. The highest BCUT2D eigenvalue weighted by molar-refractivity contribution is 6.35. The molecule has 0 radical (unpaired) electrons. The molecule has 9 nitrogen and oxygen atoms in total. The number of nitrogens with zero attached hydrogens (tertiary/aromatic N) is 6. The predicted octanol–water partition coefficient (Wildman–Crippen LogP) is 3.20. The first-order chi connectivity index (χ1) is 17.4. The predicted molar refractivity (Wildman–Crippen MR) is 141 cm³/mol. The van der Waals surface area contributed by atoms with Gasteiger partial charge in [-0.2, -0.15) is 5.10 Å². The van der Waals surface area contributed by atoms with Crippen LogP contribution < -0.4 is 10.2 Å². The molecule has 36 heavy (non-hydrogen) atoms. The van der Waals surface area contributed by atoms with Crippen LogP contribution >= 0.6 is 23.2 Å². The molecule has 4 heterocycles. The standard InChI is InChI=1S/C25H31Cl2N7O2/c1-15-23-24(34(31-15)16(2)19-7-6-17(26)11-20(19)27)30-22(12-29-23)32-9-10-33(18(13-32)14-35)25(36)21-5-3-4-8-28-21/h6-7,11-12,16,18,21,28,35H,3-5,8-10,13-14H2,1-2H3/t16?,18?,21-/m1/s1. The first kappa shape index (κ1) is 25.2. The van der Waals surface area contributed by atoms with E-state index in [2.05, 4.69) is 15.2 Å². The molecule has 0 aliphatic carbocycles. The summed E-state index contributed by atoms with van der Waals surface area (Å²) < 4.78 is 1.84. The number of carbonyl (C=O) groups excluding carboxylic acids is 1. The zero-order valence-corrected chi connectivity index (χ0v) is 22.0. The van der Waals surface area contributed by atoms with Crippen LogP contribution in [-0.4, -0.2) is 80.5 Å². The Kier molecular flexibility index (Phi) is 7.35. The summed E-state index contributed by atoms with van der Waals surface area (Å²) in [5, 5.41) is 19.3. The molecule has 2 saturated heterocycles. The number of rotatable bonds is 5. The van der Waals surface area contributed by atoms with Crippen molar-refractivity contribution in [2.45, 2.75) is 51.2 Å². The summed E-state index contributed by atoms with van der Waals surface area (Å²) >= 11 is 12.6. The maximum absolute atomic E-state index is 13.1. The summed E-state index contributed by atoms with van der Waals surface area (Å²) in [4.78, 5) is 26.6. The number of anilines is 1. The van der Waals surface area contributed by atoms with Crippen molar-refractivity contribution in [3.8, 4) is 0 Å². The number of aromatic nitrogens is 4. The molecule has 2 N–H and O–H groups in total. The second-order valence-electron chi connectivity index (χ2n) is 9.59. The maximum atomic E-state index is 13.1. The van der Waals surface area contributed by atoms with Crippen molar-refractivity contribution in [3.63, 3.8) is 0 Å². The Labute approximate surface area is 220 Å². The number of nitrogens with one attached hydrogen (secondary N) is 1. The molecule has 11 heteroatoms. The summed E-state index contributed by atoms with van der Waals surface area (Å²) in [5.74, 6) is 0.775. The van der Waals surface area contributed by atoms with Gasteiger partial charge in [0.1, 0.15) is 11.3 Å². The SMILES string of the molecule is Cc1nn(C(C)c2ccc(Cl)cc2Cl)c2nc(N3CCN(C(=O)[C@H]4CCCCN4)C(CO)C3)cnc12. The van der Waals surface area contributed by atoms with Gasteiger partial charge in [0.25, 0.3) is 0 Å². The number of aliphatic hydroxyl groups is 1. The highest BCUT2D eigenvalue weighted by atomic mass is 35.5. The second kappa shape index (κ2) is 10.5. The van der Waals surface area contributed by atoms with Gasteiger partial charge >= 0.3 is 0 Å². The minimum Gasteiger partial charge on any atom is -0.394 e. The Morgan fingerprint density at radius 2 is 2.11 bits per heavy atom. The minimum atomic E-state index is -0.300. The van der Waals surface area contributed by atoms with E-state index in [0.717, 1.165) is 42.6 Å².